The summed E-state index contributed by atoms with van der Waals surface area (Å²) in [5.74, 6) is 0.908. The zero-order chi connectivity index (χ0) is 13.2. The lowest BCUT2D eigenvalue weighted by Crippen LogP contribution is -2.40. The second-order valence-electron chi connectivity index (χ2n) is 5.47. The van der Waals surface area contributed by atoms with Crippen LogP contribution in [0.3, 0.4) is 0 Å². The van der Waals surface area contributed by atoms with E-state index in [1.165, 1.54) is 12.8 Å². The highest BCUT2D eigenvalue weighted by Crippen LogP contribution is 2.31. The average molecular weight is 260 g/mol. The third kappa shape index (κ3) is 2.61. The molecule has 1 N–H and O–H groups in total. The van der Waals surface area contributed by atoms with Crippen molar-refractivity contribution in [3.8, 4) is 0 Å². The molecule has 5 heteroatoms. The molecule has 1 aliphatic carbocycles. The predicted molar refractivity (Wildman–Crippen MR) is 71.2 cm³/mol. The smallest absolute Gasteiger partial charge is 0.244 e. The molecule has 1 fully saturated rings. The first-order valence-corrected chi connectivity index (χ1v) is 7.10. The Morgan fingerprint density at radius 3 is 3.11 bits per heavy atom. The van der Waals surface area contributed by atoms with E-state index in [9.17, 15) is 4.79 Å². The second-order valence-corrected chi connectivity index (χ2v) is 5.47. The Morgan fingerprint density at radius 1 is 1.53 bits per heavy atom. The third-order valence-corrected chi connectivity index (χ3v) is 3.84. The number of nitrogens with zero attached hydrogens (tertiary/aromatic N) is 3. The summed E-state index contributed by atoms with van der Waals surface area (Å²) < 4.78 is 0. The van der Waals surface area contributed by atoms with Crippen LogP contribution in [0.1, 0.15) is 43.5 Å². The van der Waals surface area contributed by atoms with Gasteiger partial charge in [-0.2, -0.15) is 0 Å². The van der Waals surface area contributed by atoms with Gasteiger partial charge in [-0.1, -0.05) is 6.92 Å². The molecule has 19 heavy (non-hydrogen) atoms. The van der Waals surface area contributed by atoms with E-state index in [1.807, 2.05) is 4.90 Å². The Labute approximate surface area is 113 Å². The van der Waals surface area contributed by atoms with Gasteiger partial charge in [0.2, 0.25) is 5.91 Å². The number of aromatic nitrogens is 2. The van der Waals surface area contributed by atoms with Gasteiger partial charge in [-0.25, -0.2) is 9.97 Å². The van der Waals surface area contributed by atoms with Crippen LogP contribution >= 0.6 is 0 Å². The summed E-state index contributed by atoms with van der Waals surface area (Å²) in [6.07, 6.45) is 6.85. The lowest BCUT2D eigenvalue weighted by atomic mass is 10.1. The SMILES string of the molecule is CCCN(CC1CC1)C(=O)C1NCc2ncncc21. The van der Waals surface area contributed by atoms with E-state index in [0.29, 0.717) is 6.54 Å². The molecule has 1 aromatic heterocycles. The Hall–Kier alpha value is -1.49. The maximum Gasteiger partial charge on any atom is 0.244 e. The standard InChI is InChI=1S/C14H20N4O/c1-2-5-18(8-10-3-4-10)14(19)13-11-6-15-9-17-12(11)7-16-13/h6,9-10,13,16H,2-5,7-8H2,1H3. The average Bonchev–Trinajstić information content (AvgIpc) is 3.14. The molecule has 0 spiro atoms. The van der Waals surface area contributed by atoms with E-state index in [1.54, 1.807) is 12.5 Å². The maximum absolute atomic E-state index is 12.7. The molecule has 0 radical (unpaired) electrons. The van der Waals surface area contributed by atoms with Gasteiger partial charge in [-0.15, -0.1) is 0 Å². The van der Waals surface area contributed by atoms with E-state index >= 15 is 0 Å². The fourth-order valence-electron chi connectivity index (χ4n) is 2.64. The summed E-state index contributed by atoms with van der Waals surface area (Å²) in [5.41, 5.74) is 1.90. The number of fused-ring (bicyclic) bond motifs is 1. The van der Waals surface area contributed by atoms with Crippen LogP contribution in [0.4, 0.5) is 0 Å². The first kappa shape index (κ1) is 12.5. The van der Waals surface area contributed by atoms with Gasteiger partial charge in [0.05, 0.1) is 5.69 Å². The van der Waals surface area contributed by atoms with Gasteiger partial charge in [0.1, 0.15) is 12.4 Å². The topological polar surface area (TPSA) is 58.1 Å². The second kappa shape index (κ2) is 5.25. The zero-order valence-electron chi connectivity index (χ0n) is 11.3. The number of hydrogen-bond acceptors (Lipinski definition) is 4. The number of amides is 1. The van der Waals surface area contributed by atoms with Crippen LogP contribution in [0.2, 0.25) is 0 Å². The molecule has 102 valence electrons. The molecule has 1 aromatic rings. The number of hydrogen-bond donors (Lipinski definition) is 1. The van der Waals surface area contributed by atoms with Crippen molar-refractivity contribution < 1.29 is 4.79 Å². The molecule has 0 bridgehead atoms. The largest absolute Gasteiger partial charge is 0.341 e. The molecular formula is C14H20N4O. The number of carbonyl (C=O) groups excluding carboxylic acids is 1. The Kier molecular flexibility index (Phi) is 3.46. The third-order valence-electron chi connectivity index (χ3n) is 3.84. The van der Waals surface area contributed by atoms with Gasteiger partial charge in [-0.3, -0.25) is 10.1 Å². The van der Waals surface area contributed by atoms with Crippen molar-refractivity contribution in [3.05, 3.63) is 23.8 Å². The van der Waals surface area contributed by atoms with Crippen molar-refractivity contribution in [1.29, 1.82) is 0 Å². The van der Waals surface area contributed by atoms with Crippen LogP contribution in [0.25, 0.3) is 0 Å². The van der Waals surface area contributed by atoms with Crippen LogP contribution < -0.4 is 5.32 Å². The normalized spacial score (nSPS) is 21.2. The van der Waals surface area contributed by atoms with Crippen LogP contribution in [-0.4, -0.2) is 33.9 Å². The van der Waals surface area contributed by atoms with Crippen LogP contribution in [-0.2, 0) is 11.3 Å². The van der Waals surface area contributed by atoms with Crippen LogP contribution in [0, 0.1) is 5.92 Å². The molecule has 2 aliphatic rings. The molecular weight excluding hydrogens is 240 g/mol. The van der Waals surface area contributed by atoms with Crippen molar-refractivity contribution in [2.75, 3.05) is 13.1 Å². The molecule has 1 saturated carbocycles. The highest BCUT2D eigenvalue weighted by Gasteiger charge is 2.34. The number of carbonyl (C=O) groups is 1. The quantitative estimate of drug-likeness (QED) is 0.866. The highest BCUT2D eigenvalue weighted by atomic mass is 16.2. The van der Waals surface area contributed by atoms with E-state index in [-0.39, 0.29) is 11.9 Å². The molecule has 5 nitrogen and oxygen atoms in total. The highest BCUT2D eigenvalue weighted by molar-refractivity contribution is 5.84. The van der Waals surface area contributed by atoms with Gasteiger partial charge in [0, 0.05) is 31.4 Å². The Balaban J connectivity index is 1.75. The van der Waals surface area contributed by atoms with Gasteiger partial charge in [0.25, 0.3) is 0 Å². The minimum atomic E-state index is -0.249. The summed E-state index contributed by atoms with van der Waals surface area (Å²) >= 11 is 0. The summed E-state index contributed by atoms with van der Waals surface area (Å²) in [6, 6.07) is -0.249. The van der Waals surface area contributed by atoms with Crippen molar-refractivity contribution in [3.63, 3.8) is 0 Å². The van der Waals surface area contributed by atoms with Crippen molar-refractivity contribution >= 4 is 5.91 Å². The summed E-state index contributed by atoms with van der Waals surface area (Å²) in [6.45, 7) is 4.54. The molecule has 0 aromatic carbocycles. The lowest BCUT2D eigenvalue weighted by Gasteiger charge is -2.25. The van der Waals surface area contributed by atoms with E-state index in [0.717, 1.165) is 36.7 Å². The van der Waals surface area contributed by atoms with Crippen molar-refractivity contribution in [1.82, 2.24) is 20.2 Å². The fourth-order valence-corrected chi connectivity index (χ4v) is 2.64. The van der Waals surface area contributed by atoms with Crippen LogP contribution in [0.15, 0.2) is 12.5 Å². The molecule has 0 saturated heterocycles. The predicted octanol–water partition coefficient (Wildman–Crippen LogP) is 1.27. The van der Waals surface area contributed by atoms with Gasteiger partial charge >= 0.3 is 0 Å². The monoisotopic (exact) mass is 260 g/mol. The Bertz CT molecular complexity index is 472. The van der Waals surface area contributed by atoms with Gasteiger partial charge in [-0.05, 0) is 25.2 Å². The number of nitrogens with one attached hydrogen (secondary N) is 1. The van der Waals surface area contributed by atoms with Crippen LogP contribution in [0.5, 0.6) is 0 Å². The molecule has 1 unspecified atom stereocenters. The number of rotatable bonds is 5. The summed E-state index contributed by atoms with van der Waals surface area (Å²) in [5, 5.41) is 3.26. The first-order chi connectivity index (χ1) is 9.29. The summed E-state index contributed by atoms with van der Waals surface area (Å²) in [7, 11) is 0. The van der Waals surface area contributed by atoms with Gasteiger partial charge < -0.3 is 4.90 Å². The molecule has 3 rings (SSSR count). The Morgan fingerprint density at radius 2 is 2.37 bits per heavy atom. The van der Waals surface area contributed by atoms with E-state index < -0.39 is 0 Å². The molecule has 1 atom stereocenters. The fraction of sp³-hybridized carbons (Fsp3) is 0.643. The molecule has 1 amide bonds. The lowest BCUT2D eigenvalue weighted by molar-refractivity contribution is -0.133. The summed E-state index contributed by atoms with van der Waals surface area (Å²) in [4.78, 5) is 23.0. The van der Waals surface area contributed by atoms with E-state index in [4.69, 9.17) is 0 Å². The molecule has 2 heterocycles. The van der Waals surface area contributed by atoms with Crippen molar-refractivity contribution in [2.45, 2.75) is 38.8 Å². The van der Waals surface area contributed by atoms with Gasteiger partial charge in [0.15, 0.2) is 0 Å². The zero-order valence-corrected chi connectivity index (χ0v) is 11.3. The maximum atomic E-state index is 12.7. The first-order valence-electron chi connectivity index (χ1n) is 7.10. The molecule has 1 aliphatic heterocycles. The van der Waals surface area contributed by atoms with Crippen molar-refractivity contribution in [2.24, 2.45) is 5.92 Å². The van der Waals surface area contributed by atoms with E-state index in [2.05, 4.69) is 22.2 Å². The minimum absolute atomic E-state index is 0.183. The minimum Gasteiger partial charge on any atom is -0.341 e.